The second-order valence-electron chi connectivity index (χ2n) is 4.24. The molecular formula is C15H15FIN. The molecule has 0 amide bonds. The van der Waals surface area contributed by atoms with Crippen LogP contribution >= 0.6 is 22.6 Å². The Bertz CT molecular complexity index is 554. The van der Waals surface area contributed by atoms with Crippen LogP contribution in [-0.4, -0.2) is 7.05 Å². The van der Waals surface area contributed by atoms with Crippen molar-refractivity contribution in [2.75, 3.05) is 7.05 Å². The van der Waals surface area contributed by atoms with Gasteiger partial charge in [0.2, 0.25) is 0 Å². The number of aryl methyl sites for hydroxylation is 1. The van der Waals surface area contributed by atoms with Crippen molar-refractivity contribution >= 4 is 22.6 Å². The van der Waals surface area contributed by atoms with E-state index in [1.54, 1.807) is 6.07 Å². The summed E-state index contributed by atoms with van der Waals surface area (Å²) < 4.78 is 14.1. The molecule has 2 rings (SSSR count). The highest BCUT2D eigenvalue weighted by Crippen LogP contribution is 2.28. The highest BCUT2D eigenvalue weighted by atomic mass is 127. The minimum Gasteiger partial charge on any atom is -0.309 e. The number of hydrogen-bond acceptors (Lipinski definition) is 1. The molecule has 1 unspecified atom stereocenters. The van der Waals surface area contributed by atoms with Crippen LogP contribution in [0.15, 0.2) is 42.5 Å². The molecule has 0 heterocycles. The lowest BCUT2D eigenvalue weighted by Gasteiger charge is -2.20. The fraction of sp³-hybridized carbons (Fsp3) is 0.200. The topological polar surface area (TPSA) is 12.0 Å². The fourth-order valence-corrected chi connectivity index (χ4v) is 2.91. The summed E-state index contributed by atoms with van der Waals surface area (Å²) in [6, 6.07) is 13.3. The van der Waals surface area contributed by atoms with Crippen molar-refractivity contribution in [1.82, 2.24) is 5.32 Å². The minimum atomic E-state index is -0.192. The largest absolute Gasteiger partial charge is 0.309 e. The summed E-state index contributed by atoms with van der Waals surface area (Å²) in [5.41, 5.74) is 3.57. The summed E-state index contributed by atoms with van der Waals surface area (Å²) in [7, 11) is 1.93. The predicted molar refractivity (Wildman–Crippen MR) is 81.2 cm³/mol. The normalized spacial score (nSPS) is 12.4. The van der Waals surface area contributed by atoms with Crippen molar-refractivity contribution in [3.63, 3.8) is 0 Å². The molecule has 3 heteroatoms. The SMILES string of the molecule is CNC(c1ccccc1C)c1ccc(F)cc1I. The minimum absolute atomic E-state index is 0.0960. The molecule has 0 bridgehead atoms. The number of halogens is 2. The maximum atomic E-state index is 13.2. The molecule has 0 aliphatic rings. The Kier molecular flexibility index (Phi) is 4.35. The molecule has 94 valence electrons. The lowest BCUT2D eigenvalue weighted by molar-refractivity contribution is 0.621. The van der Waals surface area contributed by atoms with Gasteiger partial charge in [0.1, 0.15) is 5.82 Å². The van der Waals surface area contributed by atoms with E-state index in [1.807, 2.05) is 25.2 Å². The maximum Gasteiger partial charge on any atom is 0.124 e. The smallest absolute Gasteiger partial charge is 0.124 e. The van der Waals surface area contributed by atoms with E-state index in [1.165, 1.54) is 17.2 Å². The molecule has 0 saturated carbocycles. The average Bonchev–Trinajstić information content (AvgIpc) is 2.34. The zero-order chi connectivity index (χ0) is 13.1. The zero-order valence-electron chi connectivity index (χ0n) is 10.4. The van der Waals surface area contributed by atoms with Gasteiger partial charge in [-0.05, 0) is 65.4 Å². The maximum absolute atomic E-state index is 13.2. The van der Waals surface area contributed by atoms with Gasteiger partial charge in [-0.3, -0.25) is 0 Å². The third kappa shape index (κ3) is 2.72. The molecule has 0 radical (unpaired) electrons. The van der Waals surface area contributed by atoms with Crippen LogP contribution in [-0.2, 0) is 0 Å². The highest BCUT2D eigenvalue weighted by molar-refractivity contribution is 14.1. The van der Waals surface area contributed by atoms with Crippen molar-refractivity contribution < 1.29 is 4.39 Å². The molecule has 1 atom stereocenters. The van der Waals surface area contributed by atoms with E-state index < -0.39 is 0 Å². The predicted octanol–water partition coefficient (Wildman–Crippen LogP) is 4.05. The Hall–Kier alpha value is -0.940. The van der Waals surface area contributed by atoms with Crippen LogP contribution in [0.2, 0.25) is 0 Å². The molecule has 18 heavy (non-hydrogen) atoms. The van der Waals surface area contributed by atoms with Crippen molar-refractivity contribution in [3.8, 4) is 0 Å². The Morgan fingerprint density at radius 2 is 1.83 bits per heavy atom. The summed E-state index contributed by atoms with van der Waals surface area (Å²) in [5, 5.41) is 3.31. The molecule has 1 N–H and O–H groups in total. The molecule has 0 saturated heterocycles. The average molecular weight is 355 g/mol. The van der Waals surface area contributed by atoms with Crippen LogP contribution in [0.3, 0.4) is 0 Å². The Morgan fingerprint density at radius 1 is 1.11 bits per heavy atom. The number of rotatable bonds is 3. The van der Waals surface area contributed by atoms with Crippen molar-refractivity contribution in [1.29, 1.82) is 0 Å². The standard InChI is InChI=1S/C15H15FIN/c1-10-5-3-4-6-12(10)15(18-2)13-8-7-11(16)9-14(13)17/h3-9,15,18H,1-2H3. The second-order valence-corrected chi connectivity index (χ2v) is 5.41. The first-order valence-corrected chi connectivity index (χ1v) is 6.89. The summed E-state index contributed by atoms with van der Waals surface area (Å²) in [5.74, 6) is -0.192. The van der Waals surface area contributed by atoms with Crippen LogP contribution < -0.4 is 5.32 Å². The van der Waals surface area contributed by atoms with E-state index in [4.69, 9.17) is 0 Å². The molecule has 0 aromatic heterocycles. The Labute approximate surface area is 121 Å². The lowest BCUT2D eigenvalue weighted by atomic mass is 9.95. The van der Waals surface area contributed by atoms with E-state index in [-0.39, 0.29) is 11.9 Å². The fourth-order valence-electron chi connectivity index (χ4n) is 2.12. The molecule has 0 fully saturated rings. The van der Waals surface area contributed by atoms with E-state index in [0.29, 0.717) is 0 Å². The van der Waals surface area contributed by atoms with Gasteiger partial charge in [-0.1, -0.05) is 30.3 Å². The number of nitrogens with one attached hydrogen (secondary N) is 1. The van der Waals surface area contributed by atoms with Crippen molar-refractivity contribution in [2.24, 2.45) is 0 Å². The van der Waals surface area contributed by atoms with Crippen LogP contribution in [0.5, 0.6) is 0 Å². The summed E-state index contributed by atoms with van der Waals surface area (Å²) in [6.45, 7) is 2.09. The monoisotopic (exact) mass is 355 g/mol. The third-order valence-corrected chi connectivity index (χ3v) is 4.00. The van der Waals surface area contributed by atoms with Gasteiger partial charge >= 0.3 is 0 Å². The zero-order valence-corrected chi connectivity index (χ0v) is 12.5. The van der Waals surface area contributed by atoms with E-state index in [9.17, 15) is 4.39 Å². The van der Waals surface area contributed by atoms with Crippen LogP contribution in [0.25, 0.3) is 0 Å². The van der Waals surface area contributed by atoms with Crippen LogP contribution in [0.4, 0.5) is 4.39 Å². The van der Waals surface area contributed by atoms with Gasteiger partial charge in [0.15, 0.2) is 0 Å². The molecular weight excluding hydrogens is 340 g/mol. The molecule has 2 aromatic carbocycles. The molecule has 0 aliphatic carbocycles. The molecule has 1 nitrogen and oxygen atoms in total. The molecule has 2 aromatic rings. The van der Waals surface area contributed by atoms with Crippen LogP contribution in [0, 0.1) is 16.3 Å². The molecule has 0 spiro atoms. The van der Waals surface area contributed by atoms with Crippen molar-refractivity contribution in [2.45, 2.75) is 13.0 Å². The third-order valence-electron chi connectivity index (χ3n) is 3.06. The number of hydrogen-bond donors (Lipinski definition) is 1. The number of benzene rings is 2. The van der Waals surface area contributed by atoms with Gasteiger partial charge in [0.05, 0.1) is 6.04 Å². The quantitative estimate of drug-likeness (QED) is 0.820. The summed E-state index contributed by atoms with van der Waals surface area (Å²) >= 11 is 2.18. The van der Waals surface area contributed by atoms with Gasteiger partial charge in [0, 0.05) is 3.57 Å². The van der Waals surface area contributed by atoms with E-state index >= 15 is 0 Å². The highest BCUT2D eigenvalue weighted by Gasteiger charge is 2.16. The van der Waals surface area contributed by atoms with Gasteiger partial charge in [-0.25, -0.2) is 4.39 Å². The Balaban J connectivity index is 2.49. The molecule has 0 aliphatic heterocycles. The van der Waals surface area contributed by atoms with Gasteiger partial charge in [0.25, 0.3) is 0 Å². The second kappa shape index (κ2) is 5.80. The van der Waals surface area contributed by atoms with Gasteiger partial charge < -0.3 is 5.32 Å². The lowest BCUT2D eigenvalue weighted by Crippen LogP contribution is -2.19. The first-order chi connectivity index (χ1) is 8.63. The first-order valence-electron chi connectivity index (χ1n) is 5.81. The van der Waals surface area contributed by atoms with Gasteiger partial charge in [-0.15, -0.1) is 0 Å². The van der Waals surface area contributed by atoms with E-state index in [2.05, 4.69) is 47.0 Å². The Morgan fingerprint density at radius 3 is 2.44 bits per heavy atom. The first kappa shape index (κ1) is 13.5. The van der Waals surface area contributed by atoms with E-state index in [0.717, 1.165) is 9.13 Å². The van der Waals surface area contributed by atoms with Crippen LogP contribution in [0.1, 0.15) is 22.7 Å². The summed E-state index contributed by atoms with van der Waals surface area (Å²) in [6.07, 6.45) is 0. The summed E-state index contributed by atoms with van der Waals surface area (Å²) in [4.78, 5) is 0. The van der Waals surface area contributed by atoms with Gasteiger partial charge in [-0.2, -0.15) is 0 Å². The van der Waals surface area contributed by atoms with Crippen molar-refractivity contribution in [3.05, 3.63) is 68.5 Å².